The number of hydrogen-bond acceptors (Lipinski definition) is 3. The van der Waals surface area contributed by atoms with Crippen molar-refractivity contribution in [2.24, 2.45) is 5.16 Å². The number of oxime groups is 1. The zero-order valence-electron chi connectivity index (χ0n) is 9.58. The summed E-state index contributed by atoms with van der Waals surface area (Å²) < 4.78 is 6.69. The largest absolute Gasteiger partial charge is 0.489 e. The molecule has 0 spiro atoms. The highest BCUT2D eigenvalue weighted by Gasteiger charge is 1.97. The van der Waals surface area contributed by atoms with Gasteiger partial charge in [-0.2, -0.15) is 0 Å². The Morgan fingerprint density at radius 1 is 1.17 bits per heavy atom. The summed E-state index contributed by atoms with van der Waals surface area (Å²) in [5.41, 5.74) is 1.93. The fourth-order valence-corrected chi connectivity index (χ4v) is 1.96. The van der Waals surface area contributed by atoms with E-state index in [1.165, 1.54) is 6.21 Å². The quantitative estimate of drug-likeness (QED) is 0.530. The van der Waals surface area contributed by atoms with Crippen LogP contribution in [0.1, 0.15) is 11.1 Å². The Hall–Kier alpha value is -1.81. The van der Waals surface area contributed by atoms with Crippen molar-refractivity contribution in [2.45, 2.75) is 6.61 Å². The van der Waals surface area contributed by atoms with Crippen LogP contribution in [0, 0.1) is 0 Å². The van der Waals surface area contributed by atoms with Crippen LogP contribution in [0.3, 0.4) is 0 Å². The predicted octanol–water partition coefficient (Wildman–Crippen LogP) is 3.84. The van der Waals surface area contributed by atoms with Gasteiger partial charge in [-0.05, 0) is 47.5 Å². The molecule has 4 heteroatoms. The van der Waals surface area contributed by atoms with Crippen molar-refractivity contribution >= 4 is 22.1 Å². The van der Waals surface area contributed by atoms with Gasteiger partial charge in [-0.3, -0.25) is 0 Å². The van der Waals surface area contributed by atoms with Gasteiger partial charge in [0.25, 0.3) is 0 Å². The number of nitrogens with zero attached hydrogens (tertiary/aromatic N) is 1. The van der Waals surface area contributed by atoms with Crippen LogP contribution in [0.2, 0.25) is 0 Å². The normalized spacial score (nSPS) is 10.7. The zero-order chi connectivity index (χ0) is 12.8. The number of halogens is 1. The molecule has 18 heavy (non-hydrogen) atoms. The molecule has 2 aromatic rings. The lowest BCUT2D eigenvalue weighted by Crippen LogP contribution is -1.95. The highest BCUT2D eigenvalue weighted by molar-refractivity contribution is 9.10. The van der Waals surface area contributed by atoms with E-state index in [9.17, 15) is 0 Å². The second kappa shape index (κ2) is 6.21. The maximum Gasteiger partial charge on any atom is 0.119 e. The smallest absolute Gasteiger partial charge is 0.119 e. The lowest BCUT2D eigenvalue weighted by Gasteiger charge is -2.06. The minimum absolute atomic E-state index is 0.521. The van der Waals surface area contributed by atoms with E-state index < -0.39 is 0 Å². The van der Waals surface area contributed by atoms with Crippen molar-refractivity contribution in [1.82, 2.24) is 0 Å². The molecular weight excluding hydrogens is 294 g/mol. The van der Waals surface area contributed by atoms with Gasteiger partial charge in [-0.1, -0.05) is 33.2 Å². The molecule has 0 aliphatic rings. The molecule has 0 bridgehead atoms. The Morgan fingerprint density at radius 2 is 1.94 bits per heavy atom. The molecule has 0 aromatic heterocycles. The van der Waals surface area contributed by atoms with Crippen molar-refractivity contribution in [3.8, 4) is 5.75 Å². The molecule has 0 aliphatic heterocycles. The third kappa shape index (κ3) is 3.60. The number of benzene rings is 2. The highest BCUT2D eigenvalue weighted by atomic mass is 79.9. The van der Waals surface area contributed by atoms with Gasteiger partial charge in [-0.25, -0.2) is 0 Å². The second-order valence-electron chi connectivity index (χ2n) is 3.73. The maximum atomic E-state index is 8.40. The van der Waals surface area contributed by atoms with Gasteiger partial charge >= 0.3 is 0 Å². The first kappa shape index (κ1) is 12.6. The molecule has 3 nitrogen and oxygen atoms in total. The first-order valence-electron chi connectivity index (χ1n) is 5.42. The summed E-state index contributed by atoms with van der Waals surface area (Å²) in [4.78, 5) is 0. The lowest BCUT2D eigenvalue weighted by molar-refractivity contribution is 0.306. The zero-order valence-corrected chi connectivity index (χ0v) is 11.2. The fourth-order valence-electron chi connectivity index (χ4n) is 1.51. The molecule has 0 heterocycles. The molecule has 0 saturated carbocycles. The van der Waals surface area contributed by atoms with Gasteiger partial charge in [0.2, 0.25) is 0 Å². The van der Waals surface area contributed by atoms with Gasteiger partial charge < -0.3 is 9.94 Å². The van der Waals surface area contributed by atoms with Crippen LogP contribution in [-0.4, -0.2) is 11.4 Å². The van der Waals surface area contributed by atoms with Crippen LogP contribution in [0.15, 0.2) is 58.2 Å². The van der Waals surface area contributed by atoms with Crippen LogP contribution in [-0.2, 0) is 6.61 Å². The number of rotatable bonds is 4. The highest BCUT2D eigenvalue weighted by Crippen LogP contribution is 2.16. The van der Waals surface area contributed by atoms with Gasteiger partial charge in [0, 0.05) is 4.47 Å². The van der Waals surface area contributed by atoms with Gasteiger partial charge in [0.1, 0.15) is 12.4 Å². The molecule has 0 radical (unpaired) electrons. The molecule has 2 rings (SSSR count). The van der Waals surface area contributed by atoms with E-state index in [2.05, 4.69) is 21.1 Å². The van der Waals surface area contributed by atoms with Gasteiger partial charge in [0.05, 0.1) is 6.21 Å². The maximum absolute atomic E-state index is 8.40. The van der Waals surface area contributed by atoms with E-state index in [4.69, 9.17) is 9.94 Å². The minimum Gasteiger partial charge on any atom is -0.489 e. The van der Waals surface area contributed by atoms with E-state index in [1.807, 2.05) is 48.5 Å². The Bertz CT molecular complexity index is 538. The molecule has 0 fully saturated rings. The van der Waals surface area contributed by atoms with Crippen LogP contribution in [0.25, 0.3) is 0 Å². The van der Waals surface area contributed by atoms with Crippen molar-refractivity contribution in [2.75, 3.05) is 0 Å². The van der Waals surface area contributed by atoms with Crippen molar-refractivity contribution < 1.29 is 9.94 Å². The second-order valence-corrected chi connectivity index (χ2v) is 4.65. The molecule has 0 unspecified atom stereocenters. The topological polar surface area (TPSA) is 41.8 Å². The van der Waals surface area contributed by atoms with Gasteiger partial charge in [0.15, 0.2) is 0 Å². The van der Waals surface area contributed by atoms with Crippen LogP contribution in [0.5, 0.6) is 5.75 Å². The Labute approximate surface area is 114 Å². The fraction of sp³-hybridized carbons (Fsp3) is 0.0714. The molecule has 1 N–H and O–H groups in total. The molecule has 0 aliphatic carbocycles. The van der Waals surface area contributed by atoms with E-state index in [0.29, 0.717) is 6.61 Å². The number of ether oxygens (including phenoxy) is 1. The van der Waals surface area contributed by atoms with Crippen molar-refractivity contribution in [1.29, 1.82) is 0 Å². The first-order chi connectivity index (χ1) is 8.78. The molecule has 2 aromatic carbocycles. The van der Waals surface area contributed by atoms with E-state index >= 15 is 0 Å². The standard InChI is InChI=1S/C14H12BrNO2/c15-13-3-1-2-12(8-13)10-18-14-6-4-11(5-7-14)9-16-17/h1-9,17H,10H2/b16-9+. The van der Waals surface area contributed by atoms with E-state index in [0.717, 1.165) is 21.3 Å². The SMILES string of the molecule is O/N=C/c1ccc(OCc2cccc(Br)c2)cc1. The summed E-state index contributed by atoms with van der Waals surface area (Å²) in [5, 5.41) is 11.4. The average Bonchev–Trinajstić information content (AvgIpc) is 2.38. The minimum atomic E-state index is 0.521. The van der Waals surface area contributed by atoms with Gasteiger partial charge in [-0.15, -0.1) is 0 Å². The van der Waals surface area contributed by atoms with Crippen LogP contribution >= 0.6 is 15.9 Å². The molecule has 0 saturated heterocycles. The predicted molar refractivity (Wildman–Crippen MR) is 74.3 cm³/mol. The summed E-state index contributed by atoms with van der Waals surface area (Å²) in [6.45, 7) is 0.521. The first-order valence-corrected chi connectivity index (χ1v) is 6.22. The average molecular weight is 306 g/mol. The summed E-state index contributed by atoms with van der Waals surface area (Å²) in [7, 11) is 0. The van der Waals surface area contributed by atoms with Crippen LogP contribution < -0.4 is 4.74 Å². The summed E-state index contributed by atoms with van der Waals surface area (Å²) in [6.07, 6.45) is 1.37. The third-order valence-electron chi connectivity index (χ3n) is 2.38. The monoisotopic (exact) mass is 305 g/mol. The molecule has 0 amide bonds. The molecular formula is C14H12BrNO2. The van der Waals surface area contributed by atoms with Crippen molar-refractivity contribution in [3.63, 3.8) is 0 Å². The summed E-state index contributed by atoms with van der Waals surface area (Å²) in [6, 6.07) is 15.3. The van der Waals surface area contributed by atoms with Crippen LogP contribution in [0.4, 0.5) is 0 Å². The van der Waals surface area contributed by atoms with E-state index in [1.54, 1.807) is 0 Å². The number of hydrogen-bond donors (Lipinski definition) is 1. The van der Waals surface area contributed by atoms with Crippen molar-refractivity contribution in [3.05, 3.63) is 64.1 Å². The molecule has 0 atom stereocenters. The Morgan fingerprint density at radius 3 is 2.61 bits per heavy atom. The molecule has 92 valence electrons. The summed E-state index contributed by atoms with van der Waals surface area (Å²) in [5.74, 6) is 0.782. The summed E-state index contributed by atoms with van der Waals surface area (Å²) >= 11 is 3.42. The third-order valence-corrected chi connectivity index (χ3v) is 2.87. The van der Waals surface area contributed by atoms with E-state index in [-0.39, 0.29) is 0 Å². The Balaban J connectivity index is 1.98. The Kier molecular flexibility index (Phi) is 4.36. The lowest BCUT2D eigenvalue weighted by atomic mass is 10.2.